The van der Waals surface area contributed by atoms with Crippen LogP contribution in [0.25, 0.3) is 0 Å². The van der Waals surface area contributed by atoms with E-state index < -0.39 is 0 Å². The third-order valence-corrected chi connectivity index (χ3v) is 3.36. The van der Waals surface area contributed by atoms with Crippen LogP contribution in [0.15, 0.2) is 24.3 Å². The van der Waals surface area contributed by atoms with Crippen LogP contribution in [-0.4, -0.2) is 18.0 Å². The molecule has 0 aromatic heterocycles. The number of nitro benzene ring substituents is 1. The zero-order valence-corrected chi connectivity index (χ0v) is 9.63. The molecule has 1 saturated heterocycles. The molecule has 1 aliphatic rings. The fraction of sp³-hybridized carbons (Fsp3) is 0.500. The fourth-order valence-corrected chi connectivity index (χ4v) is 2.32. The van der Waals surface area contributed by atoms with Gasteiger partial charge in [-0.25, -0.2) is 0 Å². The van der Waals surface area contributed by atoms with Crippen LogP contribution in [0.5, 0.6) is 0 Å². The highest BCUT2D eigenvalue weighted by Crippen LogP contribution is 2.28. The van der Waals surface area contributed by atoms with Crippen LogP contribution in [0.3, 0.4) is 0 Å². The number of nitrogens with two attached hydrogens (primary N) is 1. The van der Waals surface area contributed by atoms with Gasteiger partial charge >= 0.3 is 0 Å². The van der Waals surface area contributed by atoms with Crippen molar-refractivity contribution in [3.8, 4) is 0 Å². The first-order chi connectivity index (χ1) is 8.18. The summed E-state index contributed by atoms with van der Waals surface area (Å²) in [7, 11) is 0. The van der Waals surface area contributed by atoms with Crippen molar-refractivity contribution in [2.45, 2.75) is 18.9 Å². The summed E-state index contributed by atoms with van der Waals surface area (Å²) < 4.78 is 0. The number of nitrogens with zero attached hydrogens (tertiary/aromatic N) is 1. The van der Waals surface area contributed by atoms with Crippen molar-refractivity contribution in [1.29, 1.82) is 0 Å². The van der Waals surface area contributed by atoms with Gasteiger partial charge in [-0.2, -0.15) is 0 Å². The number of piperidine rings is 1. The lowest BCUT2D eigenvalue weighted by molar-refractivity contribution is -0.384. The summed E-state index contributed by atoms with van der Waals surface area (Å²) in [5.41, 5.74) is 7.17. The maximum absolute atomic E-state index is 10.7. The first-order valence-corrected chi connectivity index (χ1v) is 5.89. The molecule has 1 fully saturated rings. The highest BCUT2D eigenvalue weighted by molar-refractivity contribution is 5.35. The Balaban J connectivity index is 2.14. The summed E-state index contributed by atoms with van der Waals surface area (Å²) in [4.78, 5) is 10.3. The first-order valence-electron chi connectivity index (χ1n) is 5.89. The monoisotopic (exact) mass is 235 g/mol. The van der Waals surface area contributed by atoms with Gasteiger partial charge < -0.3 is 11.1 Å². The Morgan fingerprint density at radius 1 is 1.41 bits per heavy atom. The van der Waals surface area contributed by atoms with E-state index in [1.54, 1.807) is 12.1 Å². The van der Waals surface area contributed by atoms with Crippen molar-refractivity contribution in [3.63, 3.8) is 0 Å². The van der Waals surface area contributed by atoms with Gasteiger partial charge in [0.25, 0.3) is 5.69 Å². The van der Waals surface area contributed by atoms with E-state index in [0.717, 1.165) is 31.5 Å². The second-order valence-electron chi connectivity index (χ2n) is 4.47. The maximum atomic E-state index is 10.7. The first kappa shape index (κ1) is 12.0. The van der Waals surface area contributed by atoms with Crippen LogP contribution in [0.2, 0.25) is 0 Å². The molecule has 17 heavy (non-hydrogen) atoms. The second-order valence-corrected chi connectivity index (χ2v) is 4.47. The van der Waals surface area contributed by atoms with Gasteiger partial charge in [0.2, 0.25) is 0 Å². The van der Waals surface area contributed by atoms with E-state index in [0.29, 0.717) is 5.92 Å². The van der Waals surface area contributed by atoms with Crippen molar-refractivity contribution < 1.29 is 4.92 Å². The molecule has 3 N–H and O–H groups in total. The van der Waals surface area contributed by atoms with E-state index in [1.165, 1.54) is 6.07 Å². The number of nitro groups is 1. The largest absolute Gasteiger partial charge is 0.324 e. The molecule has 0 amide bonds. The molecule has 5 heteroatoms. The minimum absolute atomic E-state index is 0.100. The van der Waals surface area contributed by atoms with Gasteiger partial charge in [0.1, 0.15) is 0 Å². The highest BCUT2D eigenvalue weighted by atomic mass is 16.6. The highest BCUT2D eigenvalue weighted by Gasteiger charge is 2.22. The molecule has 0 spiro atoms. The third kappa shape index (κ3) is 2.81. The average molecular weight is 235 g/mol. The Morgan fingerprint density at radius 2 is 2.12 bits per heavy atom. The summed E-state index contributed by atoms with van der Waals surface area (Å²) >= 11 is 0. The lowest BCUT2D eigenvalue weighted by Crippen LogP contribution is -2.33. The van der Waals surface area contributed by atoms with Crippen molar-refractivity contribution >= 4 is 5.69 Å². The third-order valence-electron chi connectivity index (χ3n) is 3.36. The van der Waals surface area contributed by atoms with Gasteiger partial charge in [-0.05, 0) is 37.4 Å². The Hall–Kier alpha value is -1.46. The average Bonchev–Trinajstić information content (AvgIpc) is 2.39. The van der Waals surface area contributed by atoms with Crippen LogP contribution in [0.1, 0.15) is 24.4 Å². The molecule has 0 unspecified atom stereocenters. The predicted molar refractivity (Wildman–Crippen MR) is 65.6 cm³/mol. The summed E-state index contributed by atoms with van der Waals surface area (Å²) in [6.07, 6.45) is 2.06. The Bertz CT molecular complexity index is 402. The van der Waals surface area contributed by atoms with E-state index in [-0.39, 0.29) is 16.7 Å². The smallest absolute Gasteiger partial charge is 0.269 e. The van der Waals surface area contributed by atoms with Gasteiger partial charge in [-0.3, -0.25) is 10.1 Å². The van der Waals surface area contributed by atoms with Crippen molar-refractivity contribution in [3.05, 3.63) is 39.9 Å². The van der Waals surface area contributed by atoms with E-state index in [2.05, 4.69) is 5.32 Å². The number of non-ortho nitro benzene ring substituents is 1. The maximum Gasteiger partial charge on any atom is 0.269 e. The lowest BCUT2D eigenvalue weighted by atomic mass is 9.86. The quantitative estimate of drug-likeness (QED) is 0.616. The van der Waals surface area contributed by atoms with Crippen LogP contribution in [0.4, 0.5) is 5.69 Å². The summed E-state index contributed by atoms with van der Waals surface area (Å²) in [6, 6.07) is 6.57. The molecule has 1 aromatic rings. The summed E-state index contributed by atoms with van der Waals surface area (Å²) in [5.74, 6) is 0.415. The number of benzene rings is 1. The molecule has 0 saturated carbocycles. The van der Waals surface area contributed by atoms with E-state index in [4.69, 9.17) is 5.73 Å². The van der Waals surface area contributed by atoms with Gasteiger partial charge in [0.15, 0.2) is 0 Å². The Kier molecular flexibility index (Phi) is 3.71. The van der Waals surface area contributed by atoms with Crippen LogP contribution < -0.4 is 11.1 Å². The molecule has 1 aromatic carbocycles. The van der Waals surface area contributed by atoms with E-state index in [1.807, 2.05) is 6.07 Å². The second kappa shape index (κ2) is 5.25. The van der Waals surface area contributed by atoms with Gasteiger partial charge in [0, 0.05) is 18.2 Å². The van der Waals surface area contributed by atoms with Crippen LogP contribution in [0, 0.1) is 16.0 Å². The molecule has 0 bridgehead atoms. The molecule has 92 valence electrons. The standard InChI is InChI=1S/C12H17N3O2/c13-12(9-4-6-14-7-5-9)10-2-1-3-11(8-10)15(16)17/h1-3,8-9,12,14H,4-7,13H2/t12-/m1/s1. The van der Waals surface area contributed by atoms with Crippen LogP contribution >= 0.6 is 0 Å². The SMILES string of the molecule is N[C@@H](c1cccc([N+](=O)[O-])c1)C1CCNCC1. The van der Waals surface area contributed by atoms with Crippen LogP contribution in [-0.2, 0) is 0 Å². The van der Waals surface area contributed by atoms with Crippen molar-refractivity contribution in [2.24, 2.45) is 11.7 Å². The molecule has 0 aliphatic carbocycles. The van der Waals surface area contributed by atoms with Gasteiger partial charge in [-0.1, -0.05) is 12.1 Å². The zero-order valence-electron chi connectivity index (χ0n) is 9.63. The summed E-state index contributed by atoms with van der Waals surface area (Å²) in [5, 5.41) is 14.0. The van der Waals surface area contributed by atoms with Gasteiger partial charge in [0.05, 0.1) is 4.92 Å². The van der Waals surface area contributed by atoms with E-state index in [9.17, 15) is 10.1 Å². The molecule has 2 rings (SSSR count). The number of hydrogen-bond acceptors (Lipinski definition) is 4. The number of hydrogen-bond donors (Lipinski definition) is 2. The molecule has 1 atom stereocenters. The predicted octanol–water partition coefficient (Wildman–Crippen LogP) is 1.59. The zero-order chi connectivity index (χ0) is 12.3. The molecule has 1 aliphatic heterocycles. The number of nitrogens with one attached hydrogen (secondary N) is 1. The lowest BCUT2D eigenvalue weighted by Gasteiger charge is -2.28. The Morgan fingerprint density at radius 3 is 2.76 bits per heavy atom. The molecular weight excluding hydrogens is 218 g/mol. The molecule has 5 nitrogen and oxygen atoms in total. The molecule has 0 radical (unpaired) electrons. The normalized spacial score (nSPS) is 18.9. The topological polar surface area (TPSA) is 81.2 Å². The van der Waals surface area contributed by atoms with Crippen molar-refractivity contribution in [2.75, 3.05) is 13.1 Å². The minimum atomic E-state index is -0.376. The molecular formula is C12H17N3O2. The fourth-order valence-electron chi connectivity index (χ4n) is 2.32. The number of rotatable bonds is 3. The van der Waals surface area contributed by atoms with E-state index >= 15 is 0 Å². The minimum Gasteiger partial charge on any atom is -0.324 e. The van der Waals surface area contributed by atoms with Crippen molar-refractivity contribution in [1.82, 2.24) is 5.32 Å². The Labute approximate surface area is 100 Å². The molecule has 1 heterocycles. The summed E-state index contributed by atoms with van der Waals surface area (Å²) in [6.45, 7) is 1.96. The van der Waals surface area contributed by atoms with Gasteiger partial charge in [-0.15, -0.1) is 0 Å².